The Labute approximate surface area is 245 Å². The molecule has 0 saturated carbocycles. The molecule has 2 atom stereocenters. The molecule has 2 aromatic heterocycles. The molecule has 1 aliphatic heterocycles. The number of carbonyl (C=O) groups excluding carboxylic acids is 1. The predicted molar refractivity (Wildman–Crippen MR) is 161 cm³/mol. The van der Waals surface area contributed by atoms with Crippen molar-refractivity contribution in [2.24, 2.45) is 0 Å². The van der Waals surface area contributed by atoms with Gasteiger partial charge in [-0.25, -0.2) is 4.79 Å². The van der Waals surface area contributed by atoms with E-state index >= 15 is 0 Å². The van der Waals surface area contributed by atoms with Gasteiger partial charge >= 0.3 is 5.69 Å². The summed E-state index contributed by atoms with van der Waals surface area (Å²) in [5.74, 6) is 0.438. The maximum absolute atomic E-state index is 13.2. The molecule has 10 heteroatoms. The number of rotatable bonds is 6. The fraction of sp³-hybridized carbons (Fsp3) is 0.367. The molecule has 0 radical (unpaired) electrons. The highest BCUT2D eigenvalue weighted by molar-refractivity contribution is 5.85. The van der Waals surface area contributed by atoms with Gasteiger partial charge in [-0.3, -0.25) is 19.2 Å². The number of likely N-dealkylation sites (tertiary alicyclic amines) is 1. The van der Waals surface area contributed by atoms with Gasteiger partial charge in [0.1, 0.15) is 5.75 Å². The van der Waals surface area contributed by atoms with Crippen molar-refractivity contribution in [2.75, 3.05) is 19.6 Å². The van der Waals surface area contributed by atoms with Gasteiger partial charge in [-0.2, -0.15) is 0 Å². The zero-order valence-corrected chi connectivity index (χ0v) is 23.8. The molecule has 6 rings (SSSR count). The summed E-state index contributed by atoms with van der Waals surface area (Å²) in [6.07, 6.45) is 7.76. The van der Waals surface area contributed by atoms with Crippen molar-refractivity contribution in [2.45, 2.75) is 50.1 Å². The standard InChI is InChI=1S/C30H33N5O3.2ClH/c36-23-8-9-24-21(17-23)7-10-26(25(24)16-20-4-3-13-31-18-20)32-29(37)19-34-14-11-22(12-15-34)35-28-6-2-1-5-27(28)33-30(35)38;;/h1-6,8-9,13,17-18,22,25-26,36H,7,10-12,14-16,19H2,(H,32,37)(H,33,38);2*1H/t25-,26+;;/m0../s1. The molecule has 1 saturated heterocycles. The number of nitrogens with zero attached hydrogens (tertiary/aromatic N) is 3. The molecule has 40 heavy (non-hydrogen) atoms. The van der Waals surface area contributed by atoms with Gasteiger partial charge in [-0.05, 0) is 79.1 Å². The Morgan fingerprint density at radius 2 is 1.85 bits per heavy atom. The summed E-state index contributed by atoms with van der Waals surface area (Å²) in [5, 5.41) is 13.3. The van der Waals surface area contributed by atoms with Crippen molar-refractivity contribution in [1.29, 1.82) is 0 Å². The molecule has 1 fully saturated rings. The fourth-order valence-electron chi connectivity index (χ4n) is 6.33. The number of phenolic OH excluding ortho intramolecular Hbond substituents is 1. The molecule has 0 bridgehead atoms. The van der Waals surface area contributed by atoms with Crippen LogP contribution in [-0.2, 0) is 17.6 Å². The number of aryl methyl sites for hydroxylation is 1. The van der Waals surface area contributed by atoms with Crippen LogP contribution in [0.1, 0.15) is 47.9 Å². The van der Waals surface area contributed by atoms with E-state index < -0.39 is 0 Å². The second-order valence-electron chi connectivity index (χ2n) is 10.6. The monoisotopic (exact) mass is 583 g/mol. The van der Waals surface area contributed by atoms with Crippen LogP contribution < -0.4 is 11.0 Å². The third kappa shape index (κ3) is 6.19. The number of benzene rings is 2. The van der Waals surface area contributed by atoms with Crippen molar-refractivity contribution in [3.05, 3.63) is 94.2 Å². The van der Waals surface area contributed by atoms with Crippen LogP contribution in [-0.4, -0.2) is 56.1 Å². The van der Waals surface area contributed by atoms with E-state index in [0.717, 1.165) is 67.4 Å². The number of imidazole rings is 1. The number of piperidine rings is 1. The van der Waals surface area contributed by atoms with Crippen molar-refractivity contribution < 1.29 is 9.90 Å². The average Bonchev–Trinajstić information content (AvgIpc) is 3.26. The van der Waals surface area contributed by atoms with Gasteiger partial charge in [-0.15, -0.1) is 24.8 Å². The molecular weight excluding hydrogens is 549 g/mol. The Kier molecular flexibility index (Phi) is 9.56. The van der Waals surface area contributed by atoms with E-state index in [0.29, 0.717) is 6.54 Å². The van der Waals surface area contributed by atoms with Crippen LogP contribution in [0, 0.1) is 0 Å². The molecule has 0 spiro atoms. The van der Waals surface area contributed by atoms with E-state index in [1.807, 2.05) is 53.2 Å². The molecule has 2 aliphatic rings. The highest BCUT2D eigenvalue weighted by Crippen LogP contribution is 2.36. The smallest absolute Gasteiger partial charge is 0.326 e. The number of carbonyl (C=O) groups is 1. The first-order valence-corrected chi connectivity index (χ1v) is 13.5. The van der Waals surface area contributed by atoms with Crippen molar-refractivity contribution in [3.8, 4) is 5.75 Å². The average molecular weight is 585 g/mol. The number of para-hydroxylation sites is 2. The SMILES string of the molecule is Cl.Cl.O=C(CN1CCC(n2c(=O)[nH]c3ccccc32)CC1)N[C@@H]1CCc2cc(O)ccc2[C@@H]1Cc1cccnc1. The third-order valence-electron chi connectivity index (χ3n) is 8.17. The first-order chi connectivity index (χ1) is 18.5. The van der Waals surface area contributed by atoms with Crippen molar-refractivity contribution in [1.82, 2.24) is 24.8 Å². The number of phenols is 1. The van der Waals surface area contributed by atoms with Gasteiger partial charge in [0.25, 0.3) is 0 Å². The Morgan fingerprint density at radius 3 is 2.62 bits per heavy atom. The van der Waals surface area contributed by atoms with Crippen LogP contribution in [0.25, 0.3) is 11.0 Å². The number of halogens is 2. The number of amides is 1. The minimum Gasteiger partial charge on any atom is -0.508 e. The Bertz CT molecular complexity index is 1500. The second-order valence-corrected chi connectivity index (χ2v) is 10.6. The van der Waals surface area contributed by atoms with Gasteiger partial charge in [0.2, 0.25) is 5.91 Å². The normalized spacial score (nSPS) is 19.3. The predicted octanol–water partition coefficient (Wildman–Crippen LogP) is 4.37. The third-order valence-corrected chi connectivity index (χ3v) is 8.17. The number of aromatic amines is 1. The fourth-order valence-corrected chi connectivity index (χ4v) is 6.33. The lowest BCUT2D eigenvalue weighted by Crippen LogP contribution is -2.48. The minimum absolute atomic E-state index is 0. The Balaban J connectivity index is 0.00000185. The van der Waals surface area contributed by atoms with Gasteiger partial charge in [0.05, 0.1) is 17.6 Å². The van der Waals surface area contributed by atoms with E-state index in [-0.39, 0.29) is 60.2 Å². The molecule has 212 valence electrons. The summed E-state index contributed by atoms with van der Waals surface area (Å²) in [6, 6.07) is 17.6. The lowest BCUT2D eigenvalue weighted by atomic mass is 9.76. The molecule has 1 aliphatic carbocycles. The van der Waals surface area contributed by atoms with Crippen molar-refractivity contribution in [3.63, 3.8) is 0 Å². The van der Waals surface area contributed by atoms with Gasteiger partial charge in [0, 0.05) is 43.5 Å². The van der Waals surface area contributed by atoms with E-state index in [9.17, 15) is 14.7 Å². The number of aromatic hydroxyl groups is 1. The maximum atomic E-state index is 13.2. The van der Waals surface area contributed by atoms with Crippen LogP contribution in [0.15, 0.2) is 71.8 Å². The number of nitrogens with one attached hydrogen (secondary N) is 2. The number of hydrogen-bond donors (Lipinski definition) is 3. The largest absolute Gasteiger partial charge is 0.508 e. The highest BCUT2D eigenvalue weighted by Gasteiger charge is 2.32. The summed E-state index contributed by atoms with van der Waals surface area (Å²) in [4.78, 5) is 35.2. The number of fused-ring (bicyclic) bond motifs is 2. The molecule has 0 unspecified atom stereocenters. The van der Waals surface area contributed by atoms with Crippen LogP contribution in [0.4, 0.5) is 0 Å². The lowest BCUT2D eigenvalue weighted by molar-refractivity contribution is -0.123. The number of hydrogen-bond acceptors (Lipinski definition) is 5. The summed E-state index contributed by atoms with van der Waals surface area (Å²) in [6.45, 7) is 1.90. The molecule has 8 nitrogen and oxygen atoms in total. The summed E-state index contributed by atoms with van der Waals surface area (Å²) < 4.78 is 1.88. The molecular formula is C30H35Cl2N5O3. The first-order valence-electron chi connectivity index (χ1n) is 13.5. The topological polar surface area (TPSA) is 103 Å². The summed E-state index contributed by atoms with van der Waals surface area (Å²) >= 11 is 0. The quantitative estimate of drug-likeness (QED) is 0.313. The summed E-state index contributed by atoms with van der Waals surface area (Å²) in [5.41, 5.74) is 5.22. The zero-order chi connectivity index (χ0) is 26.1. The minimum atomic E-state index is -0.0621. The first kappa shape index (κ1) is 29.6. The van der Waals surface area contributed by atoms with E-state index in [4.69, 9.17) is 0 Å². The van der Waals surface area contributed by atoms with Crippen molar-refractivity contribution >= 4 is 41.8 Å². The van der Waals surface area contributed by atoms with E-state index in [1.54, 1.807) is 12.3 Å². The van der Waals surface area contributed by atoms with Crippen LogP contribution in [0.5, 0.6) is 5.75 Å². The number of H-pyrrole nitrogens is 1. The Hall–Kier alpha value is -3.33. The molecule has 3 N–H and O–H groups in total. The van der Waals surface area contributed by atoms with Crippen LogP contribution in [0.3, 0.4) is 0 Å². The molecule has 2 aromatic carbocycles. The van der Waals surface area contributed by atoms with Crippen LogP contribution >= 0.6 is 24.8 Å². The Morgan fingerprint density at radius 1 is 1.05 bits per heavy atom. The summed E-state index contributed by atoms with van der Waals surface area (Å²) in [7, 11) is 0. The molecule has 3 heterocycles. The number of aromatic nitrogens is 3. The maximum Gasteiger partial charge on any atom is 0.326 e. The zero-order valence-electron chi connectivity index (χ0n) is 22.2. The van der Waals surface area contributed by atoms with Gasteiger partial charge in [0.15, 0.2) is 0 Å². The highest BCUT2D eigenvalue weighted by atomic mass is 35.5. The molecule has 1 amide bonds. The van der Waals surface area contributed by atoms with Gasteiger partial charge < -0.3 is 15.4 Å². The van der Waals surface area contributed by atoms with Crippen LogP contribution in [0.2, 0.25) is 0 Å². The van der Waals surface area contributed by atoms with Gasteiger partial charge in [-0.1, -0.05) is 24.3 Å². The second kappa shape index (κ2) is 12.9. The molecule has 4 aromatic rings. The van der Waals surface area contributed by atoms with E-state index in [1.165, 1.54) is 5.56 Å². The lowest BCUT2D eigenvalue weighted by Gasteiger charge is -2.36. The van der Waals surface area contributed by atoms with E-state index in [2.05, 4.69) is 26.3 Å². The number of pyridine rings is 1.